The molecule has 0 aromatic heterocycles. The van der Waals surface area contributed by atoms with Crippen molar-refractivity contribution in [3.05, 3.63) is 34.6 Å². The van der Waals surface area contributed by atoms with Crippen LogP contribution < -0.4 is 0 Å². The van der Waals surface area contributed by atoms with Crippen molar-refractivity contribution in [1.29, 1.82) is 5.41 Å². The normalized spacial score (nSPS) is 9.77. The van der Waals surface area contributed by atoms with Crippen molar-refractivity contribution in [2.24, 2.45) is 0 Å². The molecule has 13 heavy (non-hydrogen) atoms. The Hall–Kier alpha value is -1.09. The van der Waals surface area contributed by atoms with E-state index in [2.05, 4.69) is 0 Å². The highest BCUT2D eigenvalue weighted by Gasteiger charge is 2.12. The maximum atomic E-state index is 13.1. The molecule has 0 fully saturated rings. The fourth-order valence-electron chi connectivity index (χ4n) is 0.931. The zero-order valence-electron chi connectivity index (χ0n) is 7.10. The summed E-state index contributed by atoms with van der Waals surface area (Å²) in [5.74, 6) is -0.767. The van der Waals surface area contributed by atoms with Gasteiger partial charge in [-0.15, -0.1) is 0 Å². The molecular weight excluding hydrogens is 193 g/mol. The monoisotopic (exact) mass is 201 g/mol. The van der Waals surface area contributed by atoms with Crippen LogP contribution in [-0.4, -0.2) is 12.5 Å². The molecule has 0 unspecified atom stereocenters. The van der Waals surface area contributed by atoms with Gasteiger partial charge < -0.3 is 4.74 Å². The predicted molar refractivity (Wildman–Crippen MR) is 49.9 cm³/mol. The molecule has 0 aliphatic heterocycles. The quantitative estimate of drug-likeness (QED) is 0.579. The van der Waals surface area contributed by atoms with Crippen LogP contribution in [0.4, 0.5) is 4.39 Å². The van der Waals surface area contributed by atoms with Gasteiger partial charge in [-0.25, -0.2) is 4.39 Å². The zero-order chi connectivity index (χ0) is 9.84. The number of hydrogen-bond donors (Lipinski definition) is 1. The molecule has 0 saturated carbocycles. The van der Waals surface area contributed by atoms with E-state index < -0.39 is 5.82 Å². The van der Waals surface area contributed by atoms with E-state index in [0.717, 1.165) is 0 Å². The number of benzene rings is 1. The van der Waals surface area contributed by atoms with Crippen LogP contribution in [0.1, 0.15) is 12.5 Å². The minimum absolute atomic E-state index is 0.0195. The Kier molecular flexibility index (Phi) is 3.25. The molecule has 0 bridgehead atoms. The van der Waals surface area contributed by atoms with Gasteiger partial charge in [0.2, 0.25) is 5.90 Å². The highest BCUT2D eigenvalue weighted by molar-refractivity contribution is 6.33. The fraction of sp³-hybridized carbons (Fsp3) is 0.222. The molecule has 0 amide bonds. The standard InChI is InChI=1S/C9H9ClFNO/c1-2-13-9(12)8-6(10)4-3-5-7(8)11/h3-5,12H,2H2,1H3. The highest BCUT2D eigenvalue weighted by Crippen LogP contribution is 2.19. The van der Waals surface area contributed by atoms with Gasteiger partial charge in [-0.05, 0) is 19.1 Å². The second-order valence-electron chi connectivity index (χ2n) is 2.36. The number of nitrogens with one attached hydrogen (secondary N) is 1. The van der Waals surface area contributed by atoms with Gasteiger partial charge in [0.05, 0.1) is 17.2 Å². The van der Waals surface area contributed by atoms with Crippen molar-refractivity contribution in [2.45, 2.75) is 6.92 Å². The van der Waals surface area contributed by atoms with Crippen LogP contribution in [0.15, 0.2) is 18.2 Å². The fourth-order valence-corrected chi connectivity index (χ4v) is 1.18. The average Bonchev–Trinajstić information content (AvgIpc) is 2.04. The molecule has 0 aliphatic rings. The minimum atomic E-state index is -0.536. The van der Waals surface area contributed by atoms with Gasteiger partial charge >= 0.3 is 0 Å². The predicted octanol–water partition coefficient (Wildman–Crippen LogP) is 2.84. The lowest BCUT2D eigenvalue weighted by Gasteiger charge is -2.07. The van der Waals surface area contributed by atoms with E-state index in [4.69, 9.17) is 21.7 Å². The molecule has 1 aromatic carbocycles. The Morgan fingerprint density at radius 2 is 2.31 bits per heavy atom. The van der Waals surface area contributed by atoms with Crippen LogP contribution >= 0.6 is 11.6 Å². The molecule has 1 aromatic rings. The molecule has 0 aliphatic carbocycles. The van der Waals surface area contributed by atoms with Crippen molar-refractivity contribution in [1.82, 2.24) is 0 Å². The van der Waals surface area contributed by atoms with Crippen molar-refractivity contribution < 1.29 is 9.13 Å². The van der Waals surface area contributed by atoms with Gasteiger partial charge in [0.15, 0.2) is 0 Å². The van der Waals surface area contributed by atoms with Crippen LogP contribution in [0.25, 0.3) is 0 Å². The summed E-state index contributed by atoms with van der Waals surface area (Å²) < 4.78 is 18.0. The molecule has 1 N–H and O–H groups in total. The second-order valence-corrected chi connectivity index (χ2v) is 2.77. The van der Waals surface area contributed by atoms with Crippen molar-refractivity contribution >= 4 is 17.5 Å². The van der Waals surface area contributed by atoms with E-state index in [-0.39, 0.29) is 16.5 Å². The first-order chi connectivity index (χ1) is 6.16. The van der Waals surface area contributed by atoms with E-state index in [1.54, 1.807) is 6.92 Å². The topological polar surface area (TPSA) is 33.1 Å². The van der Waals surface area contributed by atoms with Gasteiger partial charge in [0.1, 0.15) is 5.82 Å². The lowest BCUT2D eigenvalue weighted by atomic mass is 10.2. The summed E-state index contributed by atoms with van der Waals surface area (Å²) >= 11 is 5.70. The van der Waals surface area contributed by atoms with Gasteiger partial charge in [0, 0.05) is 0 Å². The van der Waals surface area contributed by atoms with Crippen LogP contribution in [0.3, 0.4) is 0 Å². The Morgan fingerprint density at radius 1 is 1.62 bits per heavy atom. The second kappa shape index (κ2) is 4.23. The van der Waals surface area contributed by atoms with E-state index >= 15 is 0 Å². The molecule has 1 rings (SSSR count). The smallest absolute Gasteiger partial charge is 0.217 e. The molecule has 0 atom stereocenters. The Balaban J connectivity index is 3.05. The molecule has 0 saturated heterocycles. The van der Waals surface area contributed by atoms with E-state index in [1.807, 2.05) is 0 Å². The summed E-state index contributed by atoms with van der Waals surface area (Å²) in [5, 5.41) is 7.56. The van der Waals surface area contributed by atoms with E-state index in [1.165, 1.54) is 18.2 Å². The van der Waals surface area contributed by atoms with Crippen molar-refractivity contribution in [2.75, 3.05) is 6.61 Å². The van der Waals surface area contributed by atoms with Gasteiger partial charge in [-0.2, -0.15) is 0 Å². The van der Waals surface area contributed by atoms with Gasteiger partial charge in [0.25, 0.3) is 0 Å². The summed E-state index contributed by atoms with van der Waals surface area (Å²) in [4.78, 5) is 0. The number of ether oxygens (including phenoxy) is 1. The summed E-state index contributed by atoms with van der Waals surface area (Å²) in [6.07, 6.45) is 0. The summed E-state index contributed by atoms with van der Waals surface area (Å²) in [6.45, 7) is 2.05. The highest BCUT2D eigenvalue weighted by atomic mass is 35.5. The zero-order valence-corrected chi connectivity index (χ0v) is 7.86. The Bertz CT molecular complexity index is 307. The lowest BCUT2D eigenvalue weighted by molar-refractivity contribution is 0.324. The maximum absolute atomic E-state index is 13.1. The van der Waals surface area contributed by atoms with Crippen LogP contribution in [0.5, 0.6) is 0 Å². The third-order valence-electron chi connectivity index (χ3n) is 1.48. The lowest BCUT2D eigenvalue weighted by Crippen LogP contribution is -2.07. The van der Waals surface area contributed by atoms with Gasteiger partial charge in [-0.1, -0.05) is 17.7 Å². The molecule has 2 nitrogen and oxygen atoms in total. The first-order valence-corrected chi connectivity index (χ1v) is 4.20. The van der Waals surface area contributed by atoms with Crippen molar-refractivity contribution in [3.63, 3.8) is 0 Å². The number of halogens is 2. The number of hydrogen-bond acceptors (Lipinski definition) is 2. The summed E-state index contributed by atoms with van der Waals surface area (Å²) in [5.41, 5.74) is 0.0195. The number of rotatable bonds is 2. The molecule has 70 valence electrons. The molecule has 4 heteroatoms. The van der Waals surface area contributed by atoms with Crippen LogP contribution in [0, 0.1) is 11.2 Å². The Morgan fingerprint density at radius 3 is 2.85 bits per heavy atom. The van der Waals surface area contributed by atoms with Crippen LogP contribution in [0.2, 0.25) is 5.02 Å². The Labute approximate surface area is 80.8 Å². The first-order valence-electron chi connectivity index (χ1n) is 3.82. The molecular formula is C9H9ClFNO. The summed E-state index contributed by atoms with van der Waals surface area (Å²) in [6, 6.07) is 4.25. The van der Waals surface area contributed by atoms with Crippen molar-refractivity contribution in [3.8, 4) is 0 Å². The van der Waals surface area contributed by atoms with Gasteiger partial charge in [-0.3, -0.25) is 5.41 Å². The van der Waals surface area contributed by atoms with E-state index in [9.17, 15) is 4.39 Å². The average molecular weight is 202 g/mol. The third kappa shape index (κ3) is 2.18. The third-order valence-corrected chi connectivity index (χ3v) is 1.79. The first kappa shape index (κ1) is 9.99. The molecule has 0 heterocycles. The minimum Gasteiger partial charge on any atom is -0.478 e. The van der Waals surface area contributed by atoms with Crippen LogP contribution in [-0.2, 0) is 4.74 Å². The largest absolute Gasteiger partial charge is 0.478 e. The maximum Gasteiger partial charge on any atom is 0.217 e. The van der Waals surface area contributed by atoms with E-state index in [0.29, 0.717) is 6.61 Å². The summed E-state index contributed by atoms with van der Waals surface area (Å²) in [7, 11) is 0. The molecule has 0 radical (unpaired) electrons. The molecule has 0 spiro atoms. The SMILES string of the molecule is CCOC(=N)c1c(F)cccc1Cl.